The Labute approximate surface area is 170 Å². The Hall–Kier alpha value is -2.17. The number of hydrogen-bond acceptors (Lipinski definition) is 3. The molecule has 1 amide bonds. The fourth-order valence-corrected chi connectivity index (χ4v) is 5.90. The molecule has 3 aromatic rings. The molecule has 0 unspecified atom stereocenters. The van der Waals surface area contributed by atoms with Crippen LogP contribution < -0.4 is 0 Å². The molecule has 2 aromatic carbocycles. The molecular weight excluding hydrogens is 364 g/mol. The Morgan fingerprint density at radius 3 is 2.54 bits per heavy atom. The van der Waals surface area contributed by atoms with Crippen molar-refractivity contribution in [3.8, 4) is 0 Å². The van der Waals surface area contributed by atoms with E-state index in [0.29, 0.717) is 12.1 Å². The van der Waals surface area contributed by atoms with Crippen LogP contribution in [0.2, 0.25) is 0 Å². The molecule has 1 saturated heterocycles. The quantitative estimate of drug-likeness (QED) is 0.652. The van der Waals surface area contributed by atoms with E-state index in [4.69, 9.17) is 0 Å². The monoisotopic (exact) mass is 390 g/mol. The van der Waals surface area contributed by atoms with E-state index < -0.39 is 0 Å². The fraction of sp³-hybridized carbons (Fsp3) is 0.375. The van der Waals surface area contributed by atoms with Gasteiger partial charge in [0.2, 0.25) is 0 Å². The summed E-state index contributed by atoms with van der Waals surface area (Å²) in [6.45, 7) is 2.14. The molecule has 0 saturated carbocycles. The highest BCUT2D eigenvalue weighted by molar-refractivity contribution is 7.20. The first-order valence-corrected chi connectivity index (χ1v) is 11.1. The summed E-state index contributed by atoms with van der Waals surface area (Å²) in [4.78, 5) is 18.6. The molecule has 0 spiro atoms. The summed E-state index contributed by atoms with van der Waals surface area (Å²) >= 11 is 1.61. The zero-order valence-electron chi connectivity index (χ0n) is 16.3. The van der Waals surface area contributed by atoms with E-state index in [9.17, 15) is 4.79 Å². The number of hydrogen-bond donors (Lipinski definition) is 0. The van der Waals surface area contributed by atoms with Gasteiger partial charge in [-0.25, -0.2) is 0 Å². The van der Waals surface area contributed by atoms with Gasteiger partial charge in [0.1, 0.15) is 0 Å². The van der Waals surface area contributed by atoms with Crippen LogP contribution in [0.1, 0.15) is 33.6 Å². The molecule has 2 heterocycles. The standard InChI is InChI=1S/C24H26N2OS/c1-25(24(27)23-15-19-9-4-5-11-22(19)28-23)20-10-6-12-26(16-20)21-13-17-7-2-3-8-18(17)14-21/h2-5,7-9,11,15,20-21H,6,10,12-14,16H2,1H3/t20-/m0/s1. The number of carbonyl (C=O) groups excluding carboxylic acids is 1. The molecule has 1 fully saturated rings. The number of thiophene rings is 1. The zero-order chi connectivity index (χ0) is 19.1. The minimum atomic E-state index is 0.169. The van der Waals surface area contributed by atoms with Gasteiger partial charge in [-0.3, -0.25) is 9.69 Å². The Balaban J connectivity index is 1.29. The lowest BCUT2D eigenvalue weighted by Gasteiger charge is -2.40. The fourth-order valence-electron chi connectivity index (χ4n) is 4.85. The van der Waals surface area contributed by atoms with Crippen LogP contribution in [-0.4, -0.2) is 47.9 Å². The van der Waals surface area contributed by atoms with Crippen molar-refractivity contribution in [2.24, 2.45) is 0 Å². The molecule has 4 heteroatoms. The van der Waals surface area contributed by atoms with E-state index in [2.05, 4.69) is 41.3 Å². The number of likely N-dealkylation sites (tertiary alicyclic amines) is 1. The SMILES string of the molecule is CN(C(=O)c1cc2ccccc2s1)[C@H]1CCCN(C2Cc3ccccc3C2)C1. The number of amides is 1. The number of likely N-dealkylation sites (N-methyl/N-ethyl adjacent to an activating group) is 1. The third kappa shape index (κ3) is 3.25. The van der Waals surface area contributed by atoms with Gasteiger partial charge in [0, 0.05) is 30.4 Å². The first-order valence-electron chi connectivity index (χ1n) is 10.3. The zero-order valence-corrected chi connectivity index (χ0v) is 17.1. The number of benzene rings is 2. The second-order valence-corrected chi connectivity index (χ2v) is 9.27. The molecule has 1 aliphatic carbocycles. The molecule has 0 radical (unpaired) electrons. The van der Waals surface area contributed by atoms with Crippen LogP contribution in [-0.2, 0) is 12.8 Å². The summed E-state index contributed by atoms with van der Waals surface area (Å²) in [5, 5.41) is 1.17. The van der Waals surface area contributed by atoms with Crippen LogP contribution in [0.25, 0.3) is 10.1 Å². The topological polar surface area (TPSA) is 23.6 Å². The molecule has 5 rings (SSSR count). The summed E-state index contributed by atoms with van der Waals surface area (Å²) in [6.07, 6.45) is 4.57. The van der Waals surface area contributed by atoms with E-state index in [1.807, 2.05) is 30.1 Å². The Bertz CT molecular complexity index is 953. The van der Waals surface area contributed by atoms with E-state index >= 15 is 0 Å². The van der Waals surface area contributed by atoms with Crippen molar-refractivity contribution in [1.82, 2.24) is 9.80 Å². The van der Waals surface area contributed by atoms with Crippen LogP contribution in [0.3, 0.4) is 0 Å². The van der Waals surface area contributed by atoms with Gasteiger partial charge in [0.15, 0.2) is 0 Å². The molecule has 1 atom stereocenters. The second kappa shape index (κ2) is 7.34. The minimum Gasteiger partial charge on any atom is -0.337 e. The van der Waals surface area contributed by atoms with Crippen molar-refractivity contribution < 1.29 is 4.79 Å². The van der Waals surface area contributed by atoms with Gasteiger partial charge in [-0.15, -0.1) is 11.3 Å². The average molecular weight is 391 g/mol. The van der Waals surface area contributed by atoms with Gasteiger partial charge in [-0.2, -0.15) is 0 Å². The Morgan fingerprint density at radius 2 is 1.79 bits per heavy atom. The summed E-state index contributed by atoms with van der Waals surface area (Å²) in [5.74, 6) is 0.169. The summed E-state index contributed by atoms with van der Waals surface area (Å²) < 4.78 is 1.19. The normalized spacial score (nSPS) is 20.4. The predicted octanol–water partition coefficient (Wildman–Crippen LogP) is 4.61. The molecule has 1 aliphatic heterocycles. The molecule has 0 bridgehead atoms. The van der Waals surface area contributed by atoms with Crippen LogP contribution in [0.5, 0.6) is 0 Å². The van der Waals surface area contributed by atoms with Crippen LogP contribution >= 0.6 is 11.3 Å². The minimum absolute atomic E-state index is 0.169. The van der Waals surface area contributed by atoms with Gasteiger partial charge >= 0.3 is 0 Å². The third-order valence-electron chi connectivity index (χ3n) is 6.48. The van der Waals surface area contributed by atoms with Gasteiger partial charge in [-0.05, 0) is 60.9 Å². The highest BCUT2D eigenvalue weighted by Crippen LogP contribution is 2.30. The molecule has 3 nitrogen and oxygen atoms in total. The van der Waals surface area contributed by atoms with E-state index in [-0.39, 0.29) is 5.91 Å². The van der Waals surface area contributed by atoms with Gasteiger partial charge in [0.25, 0.3) is 5.91 Å². The number of piperidine rings is 1. The Kier molecular flexibility index (Phi) is 4.69. The highest BCUT2D eigenvalue weighted by Gasteiger charge is 2.33. The maximum absolute atomic E-state index is 13.1. The number of nitrogens with zero attached hydrogens (tertiary/aromatic N) is 2. The third-order valence-corrected chi connectivity index (χ3v) is 7.58. The molecular formula is C24H26N2OS. The number of carbonyl (C=O) groups is 1. The summed E-state index contributed by atoms with van der Waals surface area (Å²) in [5.41, 5.74) is 3.01. The van der Waals surface area contributed by atoms with Crippen molar-refractivity contribution in [3.05, 3.63) is 70.6 Å². The van der Waals surface area contributed by atoms with Crippen molar-refractivity contribution in [2.45, 2.75) is 37.8 Å². The van der Waals surface area contributed by atoms with Crippen molar-refractivity contribution in [1.29, 1.82) is 0 Å². The highest BCUT2D eigenvalue weighted by atomic mass is 32.1. The Morgan fingerprint density at radius 1 is 1.07 bits per heavy atom. The molecule has 28 heavy (non-hydrogen) atoms. The van der Waals surface area contributed by atoms with E-state index in [0.717, 1.165) is 37.2 Å². The van der Waals surface area contributed by atoms with E-state index in [1.165, 1.54) is 27.6 Å². The number of rotatable bonds is 3. The first-order chi connectivity index (χ1) is 13.7. The lowest BCUT2D eigenvalue weighted by molar-refractivity contribution is 0.0559. The summed E-state index contributed by atoms with van der Waals surface area (Å²) in [7, 11) is 1.99. The lowest BCUT2D eigenvalue weighted by atomic mass is 10.0. The van der Waals surface area contributed by atoms with Crippen LogP contribution in [0, 0.1) is 0 Å². The van der Waals surface area contributed by atoms with Crippen LogP contribution in [0.15, 0.2) is 54.6 Å². The molecule has 144 valence electrons. The van der Waals surface area contributed by atoms with Crippen molar-refractivity contribution in [2.75, 3.05) is 20.1 Å². The predicted molar refractivity (Wildman–Crippen MR) is 116 cm³/mol. The maximum atomic E-state index is 13.1. The van der Waals surface area contributed by atoms with Crippen molar-refractivity contribution >= 4 is 27.3 Å². The summed E-state index contributed by atoms with van der Waals surface area (Å²) in [6, 6.07) is 20.0. The molecule has 2 aliphatic rings. The van der Waals surface area contributed by atoms with E-state index in [1.54, 1.807) is 11.3 Å². The van der Waals surface area contributed by atoms with Gasteiger partial charge < -0.3 is 4.90 Å². The molecule has 0 N–H and O–H groups in total. The largest absolute Gasteiger partial charge is 0.337 e. The second-order valence-electron chi connectivity index (χ2n) is 8.19. The number of fused-ring (bicyclic) bond motifs is 2. The first kappa shape index (κ1) is 17.9. The maximum Gasteiger partial charge on any atom is 0.263 e. The van der Waals surface area contributed by atoms with Crippen LogP contribution in [0.4, 0.5) is 0 Å². The lowest BCUT2D eigenvalue weighted by Crippen LogP contribution is -2.51. The smallest absolute Gasteiger partial charge is 0.263 e. The van der Waals surface area contributed by atoms with Crippen molar-refractivity contribution in [3.63, 3.8) is 0 Å². The van der Waals surface area contributed by atoms with Gasteiger partial charge in [-0.1, -0.05) is 42.5 Å². The molecule has 1 aromatic heterocycles. The average Bonchev–Trinajstić information content (AvgIpc) is 3.37. The van der Waals surface area contributed by atoms with Gasteiger partial charge in [0.05, 0.1) is 4.88 Å².